The number of ether oxygens (including phenoxy) is 2. The van der Waals surface area contributed by atoms with E-state index in [1.54, 1.807) is 0 Å². The largest absolute Gasteiger partial charge is 0.445 e. The molecule has 10 heteroatoms. The number of benzene rings is 2. The van der Waals surface area contributed by atoms with Crippen LogP contribution in [0.5, 0.6) is 0 Å². The molecule has 270 valence electrons. The zero-order valence-electron chi connectivity index (χ0n) is 29.8. The molecule has 2 aromatic heterocycles. The average Bonchev–Trinajstić information content (AvgIpc) is 3.81. The highest BCUT2D eigenvalue weighted by molar-refractivity contribution is 5.67. The van der Waals surface area contributed by atoms with E-state index in [4.69, 9.17) is 9.47 Å². The maximum Gasteiger partial charge on any atom is 0.407 e. The lowest BCUT2D eigenvalue weighted by molar-refractivity contribution is -0.696. The molecule has 4 rings (SSSR count). The van der Waals surface area contributed by atoms with E-state index in [1.807, 2.05) is 60.7 Å². The Morgan fingerprint density at radius 3 is 1.30 bits per heavy atom. The van der Waals surface area contributed by atoms with Crippen LogP contribution in [-0.2, 0) is 48.9 Å². The lowest BCUT2D eigenvalue weighted by Gasteiger charge is -2.06. The van der Waals surface area contributed by atoms with Gasteiger partial charge in [0.1, 0.15) is 38.0 Å². The summed E-state index contributed by atoms with van der Waals surface area (Å²) in [5, 5.41) is 5.66. The number of aryl methyl sites for hydroxylation is 4. The molecule has 50 heavy (non-hydrogen) atoms. The van der Waals surface area contributed by atoms with Crippen LogP contribution >= 0.6 is 0 Å². The Balaban J connectivity index is 0.889. The quantitative estimate of drug-likeness (QED) is 0.0575. The molecule has 0 radical (unpaired) electrons. The minimum absolute atomic E-state index is 0.294. The van der Waals surface area contributed by atoms with E-state index in [1.165, 1.54) is 64.2 Å². The maximum absolute atomic E-state index is 11.9. The molecule has 2 N–H and O–H groups in total. The second-order valence-electron chi connectivity index (χ2n) is 13.0. The molecule has 10 nitrogen and oxygen atoms in total. The molecule has 2 aromatic carbocycles. The SMILES string of the molecule is O=C(NCCC[n+]1ccn(CCCCCCCCCCCCn2cc[n+](CCCNC(=O)OCc3ccccc3)c2)c1)OCc1ccccc1. The third-order valence-corrected chi connectivity index (χ3v) is 8.73. The van der Waals surface area contributed by atoms with Crippen molar-refractivity contribution in [3.63, 3.8) is 0 Å². The summed E-state index contributed by atoms with van der Waals surface area (Å²) in [4.78, 5) is 23.8. The summed E-state index contributed by atoms with van der Waals surface area (Å²) in [7, 11) is 0. The van der Waals surface area contributed by atoms with Crippen LogP contribution in [0.4, 0.5) is 9.59 Å². The number of unbranched alkanes of at least 4 members (excludes halogenated alkanes) is 9. The smallest absolute Gasteiger partial charge is 0.407 e. The maximum atomic E-state index is 11.9. The highest BCUT2D eigenvalue weighted by atomic mass is 16.6. The molecular weight excluding hydrogens is 628 g/mol. The summed E-state index contributed by atoms with van der Waals surface area (Å²) in [5.74, 6) is 0. The number of carbonyl (C=O) groups excluding carboxylic acids is 2. The van der Waals surface area contributed by atoms with Crippen molar-refractivity contribution in [1.82, 2.24) is 19.8 Å². The van der Waals surface area contributed by atoms with Crippen molar-refractivity contribution in [1.29, 1.82) is 0 Å². The summed E-state index contributed by atoms with van der Waals surface area (Å²) in [6, 6.07) is 19.4. The molecule has 0 saturated carbocycles. The van der Waals surface area contributed by atoms with Gasteiger partial charge in [-0.2, -0.15) is 0 Å². The first kappa shape index (κ1) is 38.2. The Hall–Kier alpha value is -4.60. The van der Waals surface area contributed by atoms with Crippen LogP contribution in [0, 0.1) is 0 Å². The van der Waals surface area contributed by atoms with Crippen LogP contribution in [0.1, 0.15) is 88.2 Å². The van der Waals surface area contributed by atoms with E-state index in [0.29, 0.717) is 26.3 Å². The minimum Gasteiger partial charge on any atom is -0.445 e. The van der Waals surface area contributed by atoms with E-state index in [9.17, 15) is 9.59 Å². The second kappa shape index (κ2) is 23.7. The van der Waals surface area contributed by atoms with Crippen molar-refractivity contribution >= 4 is 12.2 Å². The zero-order chi connectivity index (χ0) is 34.9. The highest BCUT2D eigenvalue weighted by Gasteiger charge is 2.07. The van der Waals surface area contributed by atoms with Gasteiger partial charge in [-0.15, -0.1) is 0 Å². The van der Waals surface area contributed by atoms with E-state index < -0.39 is 0 Å². The van der Waals surface area contributed by atoms with Gasteiger partial charge < -0.3 is 20.1 Å². The number of alkyl carbamates (subject to hydrolysis) is 2. The topological polar surface area (TPSA) is 94.3 Å². The molecule has 0 spiro atoms. The molecule has 0 saturated heterocycles. The molecule has 0 bridgehead atoms. The van der Waals surface area contributed by atoms with Crippen LogP contribution in [0.2, 0.25) is 0 Å². The molecule has 0 unspecified atom stereocenters. The minimum atomic E-state index is -0.367. The Kier molecular flexibility index (Phi) is 18.1. The number of hydrogen-bond acceptors (Lipinski definition) is 4. The number of aromatic nitrogens is 4. The number of imidazole rings is 2. The van der Waals surface area contributed by atoms with E-state index in [-0.39, 0.29) is 12.2 Å². The molecule has 0 fully saturated rings. The molecule has 0 aliphatic carbocycles. The molecule has 0 aliphatic rings. The van der Waals surface area contributed by atoms with Gasteiger partial charge in [0.05, 0.1) is 26.2 Å². The van der Waals surface area contributed by atoms with Crippen molar-refractivity contribution in [3.8, 4) is 0 Å². The van der Waals surface area contributed by atoms with Crippen molar-refractivity contribution in [2.24, 2.45) is 0 Å². The Bertz CT molecular complexity index is 1360. The van der Waals surface area contributed by atoms with Gasteiger partial charge in [0.25, 0.3) is 0 Å². The van der Waals surface area contributed by atoms with Crippen LogP contribution in [0.3, 0.4) is 0 Å². The second-order valence-corrected chi connectivity index (χ2v) is 13.0. The molecule has 4 aromatic rings. The standard InChI is InChI=1S/C40H56N6O4/c47-39(49-33-37-19-11-9-12-20-37)41-23-17-27-45-31-29-43(35-45)25-15-7-5-3-1-2-4-6-8-16-26-44-30-32-46(36-44)28-18-24-42-40(48)50-34-38-21-13-10-14-22-38/h9-14,19-22,29-32,35-36H,1-8,15-18,23-28,33-34H2/p+2. The first-order chi connectivity index (χ1) is 24.6. The van der Waals surface area contributed by atoms with Gasteiger partial charge in [-0.1, -0.05) is 99.2 Å². The Morgan fingerprint density at radius 2 is 0.900 bits per heavy atom. The van der Waals surface area contributed by atoms with E-state index in [0.717, 1.165) is 50.1 Å². The average molecular weight is 687 g/mol. The highest BCUT2D eigenvalue weighted by Crippen LogP contribution is 2.11. The number of rotatable bonds is 25. The van der Waals surface area contributed by atoms with Gasteiger partial charge in [0.2, 0.25) is 12.7 Å². The van der Waals surface area contributed by atoms with Crippen LogP contribution in [0.15, 0.2) is 98.1 Å². The van der Waals surface area contributed by atoms with Crippen molar-refractivity contribution < 1.29 is 28.2 Å². The molecule has 2 amide bonds. The van der Waals surface area contributed by atoms with E-state index in [2.05, 4.69) is 66.3 Å². The van der Waals surface area contributed by atoms with Gasteiger partial charge >= 0.3 is 12.2 Å². The Morgan fingerprint density at radius 1 is 0.520 bits per heavy atom. The van der Waals surface area contributed by atoms with Gasteiger partial charge in [0, 0.05) is 25.9 Å². The zero-order valence-corrected chi connectivity index (χ0v) is 29.8. The number of hydrogen-bond donors (Lipinski definition) is 2. The number of carbonyl (C=O) groups is 2. The fraction of sp³-hybridized carbons (Fsp3) is 0.500. The lowest BCUT2D eigenvalue weighted by atomic mass is 10.1. The van der Waals surface area contributed by atoms with Crippen molar-refractivity contribution in [2.45, 2.75) is 116 Å². The summed E-state index contributed by atoms with van der Waals surface area (Å²) in [6.45, 7) is 5.63. The van der Waals surface area contributed by atoms with Crippen LogP contribution in [-0.4, -0.2) is 34.4 Å². The summed E-state index contributed by atoms with van der Waals surface area (Å²) >= 11 is 0. The van der Waals surface area contributed by atoms with Gasteiger partial charge in [-0.3, -0.25) is 0 Å². The third kappa shape index (κ3) is 16.7. The number of nitrogens with zero attached hydrogens (tertiary/aromatic N) is 4. The fourth-order valence-corrected chi connectivity index (χ4v) is 5.86. The fourth-order valence-electron chi connectivity index (χ4n) is 5.86. The predicted octanol–water partition coefficient (Wildman–Crippen LogP) is 7.10. The normalized spacial score (nSPS) is 11.0. The first-order valence-electron chi connectivity index (χ1n) is 18.6. The third-order valence-electron chi connectivity index (χ3n) is 8.73. The van der Waals surface area contributed by atoms with Gasteiger partial charge in [0.15, 0.2) is 0 Å². The number of nitrogens with one attached hydrogen (secondary N) is 2. The first-order valence-corrected chi connectivity index (χ1v) is 18.6. The molecule has 0 atom stereocenters. The molecular formula is C40H58N6O4+2. The van der Waals surface area contributed by atoms with Gasteiger partial charge in [-0.05, 0) is 36.8 Å². The summed E-state index contributed by atoms with van der Waals surface area (Å²) in [5.41, 5.74) is 1.97. The van der Waals surface area contributed by atoms with E-state index >= 15 is 0 Å². The predicted molar refractivity (Wildman–Crippen MR) is 194 cm³/mol. The van der Waals surface area contributed by atoms with Crippen LogP contribution in [0.25, 0.3) is 0 Å². The van der Waals surface area contributed by atoms with Crippen molar-refractivity contribution in [3.05, 3.63) is 109 Å². The molecule has 2 heterocycles. The lowest BCUT2D eigenvalue weighted by Crippen LogP contribution is -2.34. The monoisotopic (exact) mass is 686 g/mol. The summed E-state index contributed by atoms with van der Waals surface area (Å²) in [6.07, 6.45) is 26.8. The number of amides is 2. The van der Waals surface area contributed by atoms with Crippen molar-refractivity contribution in [2.75, 3.05) is 13.1 Å². The van der Waals surface area contributed by atoms with Crippen LogP contribution < -0.4 is 19.8 Å². The summed E-state index contributed by atoms with van der Waals surface area (Å²) < 4.78 is 19.4. The van der Waals surface area contributed by atoms with Gasteiger partial charge in [-0.25, -0.2) is 27.9 Å². The molecule has 0 aliphatic heterocycles. The Labute approximate surface area is 298 Å².